The van der Waals surface area contributed by atoms with Crippen LogP contribution in [0.4, 0.5) is 4.39 Å². The molecule has 0 saturated heterocycles. The van der Waals surface area contributed by atoms with E-state index in [4.69, 9.17) is 5.11 Å². The first-order valence-corrected chi connectivity index (χ1v) is 7.32. The highest BCUT2D eigenvalue weighted by Crippen LogP contribution is 2.11. The van der Waals surface area contributed by atoms with Crippen LogP contribution in [0.25, 0.3) is 0 Å². The summed E-state index contributed by atoms with van der Waals surface area (Å²) in [5.41, 5.74) is 0.582. The molecule has 1 atom stereocenters. The molecule has 0 heterocycles. The molecule has 114 valence electrons. The zero-order valence-corrected chi connectivity index (χ0v) is 12.6. The normalized spacial score (nSPS) is 11.4. The van der Waals surface area contributed by atoms with E-state index in [1.54, 1.807) is 0 Å². The third-order valence-corrected chi connectivity index (χ3v) is 3.15. The number of rotatable bonds is 6. The van der Waals surface area contributed by atoms with Crippen molar-refractivity contribution in [1.29, 1.82) is 0 Å². The second kappa shape index (κ2) is 9.15. The molecule has 0 aliphatic heterocycles. The summed E-state index contributed by atoms with van der Waals surface area (Å²) in [5, 5.41) is 11.5. The standard InChI is InChI=1S/C17H22FNO2/c1-3-7-14(4-2)19-17(21)15-12-13(8-5-6-11-20)9-10-16(15)18/h9-10,12,14,20H,3-4,6-7,11H2,1-2H3,(H,19,21). The lowest BCUT2D eigenvalue weighted by molar-refractivity contribution is 0.0929. The van der Waals surface area contributed by atoms with E-state index < -0.39 is 11.7 Å². The minimum atomic E-state index is -0.549. The largest absolute Gasteiger partial charge is 0.395 e. The molecule has 0 aliphatic rings. The Bertz CT molecular complexity index is 531. The zero-order chi connectivity index (χ0) is 15.7. The van der Waals surface area contributed by atoms with Gasteiger partial charge in [-0.05, 0) is 31.0 Å². The van der Waals surface area contributed by atoms with Gasteiger partial charge in [-0.25, -0.2) is 4.39 Å². The van der Waals surface area contributed by atoms with Gasteiger partial charge in [0.2, 0.25) is 0 Å². The molecule has 21 heavy (non-hydrogen) atoms. The van der Waals surface area contributed by atoms with E-state index in [0.29, 0.717) is 12.0 Å². The van der Waals surface area contributed by atoms with Crippen molar-refractivity contribution in [3.63, 3.8) is 0 Å². The number of hydrogen-bond acceptors (Lipinski definition) is 2. The summed E-state index contributed by atoms with van der Waals surface area (Å²) in [5.74, 6) is 4.61. The lowest BCUT2D eigenvalue weighted by Crippen LogP contribution is -2.34. The van der Waals surface area contributed by atoms with Crippen LogP contribution in [0.5, 0.6) is 0 Å². The Labute approximate surface area is 125 Å². The molecule has 0 saturated carbocycles. The Hall–Kier alpha value is -1.86. The molecule has 0 spiro atoms. The molecule has 4 heteroatoms. The molecule has 1 unspecified atom stereocenters. The Kier molecular flexibility index (Phi) is 7.49. The number of nitrogens with one attached hydrogen (secondary N) is 1. The molecular weight excluding hydrogens is 269 g/mol. The predicted molar refractivity (Wildman–Crippen MR) is 81.4 cm³/mol. The molecule has 3 nitrogen and oxygen atoms in total. The van der Waals surface area contributed by atoms with E-state index in [1.165, 1.54) is 18.2 Å². The van der Waals surface area contributed by atoms with Gasteiger partial charge in [-0.2, -0.15) is 0 Å². The van der Waals surface area contributed by atoms with Crippen LogP contribution in [-0.4, -0.2) is 23.7 Å². The third-order valence-electron chi connectivity index (χ3n) is 3.15. The molecule has 0 fully saturated rings. The van der Waals surface area contributed by atoms with Crippen molar-refractivity contribution < 1.29 is 14.3 Å². The SMILES string of the molecule is CCCC(CC)NC(=O)c1cc(C#CCCO)ccc1F. The molecule has 1 amide bonds. The molecular formula is C17H22FNO2. The van der Waals surface area contributed by atoms with Gasteiger partial charge >= 0.3 is 0 Å². The lowest BCUT2D eigenvalue weighted by Gasteiger charge is -2.16. The Morgan fingerprint density at radius 1 is 1.43 bits per heavy atom. The molecule has 1 aromatic rings. The van der Waals surface area contributed by atoms with Gasteiger partial charge in [0.1, 0.15) is 5.82 Å². The van der Waals surface area contributed by atoms with E-state index in [9.17, 15) is 9.18 Å². The average Bonchev–Trinajstić information content (AvgIpc) is 2.48. The molecule has 2 N–H and O–H groups in total. The van der Waals surface area contributed by atoms with Crippen molar-refractivity contribution in [2.24, 2.45) is 0 Å². The van der Waals surface area contributed by atoms with Gasteiger partial charge in [0.25, 0.3) is 5.91 Å². The highest BCUT2D eigenvalue weighted by Gasteiger charge is 2.15. The first kappa shape index (κ1) is 17.2. The molecule has 0 radical (unpaired) electrons. The quantitative estimate of drug-likeness (QED) is 0.792. The molecule has 1 rings (SSSR count). The average molecular weight is 291 g/mol. The number of aliphatic hydroxyl groups excluding tert-OH is 1. The number of carbonyl (C=O) groups is 1. The molecule has 0 bridgehead atoms. The summed E-state index contributed by atoms with van der Waals surface area (Å²) in [6.07, 6.45) is 3.01. The fraction of sp³-hybridized carbons (Fsp3) is 0.471. The summed E-state index contributed by atoms with van der Waals surface area (Å²) in [6.45, 7) is 4.03. The number of benzene rings is 1. The van der Waals surface area contributed by atoms with Crippen molar-refractivity contribution in [2.45, 2.75) is 45.6 Å². The van der Waals surface area contributed by atoms with Crippen LogP contribution in [-0.2, 0) is 0 Å². The molecule has 1 aromatic carbocycles. The fourth-order valence-corrected chi connectivity index (χ4v) is 1.99. The van der Waals surface area contributed by atoms with E-state index >= 15 is 0 Å². The van der Waals surface area contributed by atoms with Crippen LogP contribution >= 0.6 is 0 Å². The van der Waals surface area contributed by atoms with Gasteiger partial charge in [0, 0.05) is 18.0 Å². The second-order valence-corrected chi connectivity index (χ2v) is 4.84. The van der Waals surface area contributed by atoms with E-state index in [1.807, 2.05) is 13.8 Å². The minimum absolute atomic E-state index is 0.0142. The van der Waals surface area contributed by atoms with Gasteiger partial charge in [0.05, 0.1) is 12.2 Å². The van der Waals surface area contributed by atoms with Crippen LogP contribution in [0.15, 0.2) is 18.2 Å². The van der Waals surface area contributed by atoms with Crippen LogP contribution < -0.4 is 5.32 Å². The topological polar surface area (TPSA) is 49.3 Å². The Morgan fingerprint density at radius 2 is 2.19 bits per heavy atom. The number of carbonyl (C=O) groups excluding carboxylic acids is 1. The van der Waals surface area contributed by atoms with Crippen LogP contribution in [0.2, 0.25) is 0 Å². The number of aliphatic hydroxyl groups is 1. The first-order chi connectivity index (χ1) is 10.1. The smallest absolute Gasteiger partial charge is 0.254 e. The van der Waals surface area contributed by atoms with Gasteiger partial charge < -0.3 is 10.4 Å². The maximum Gasteiger partial charge on any atom is 0.254 e. The summed E-state index contributed by atoms with van der Waals surface area (Å²) < 4.78 is 13.8. The maximum atomic E-state index is 13.8. The predicted octanol–water partition coefficient (Wildman–Crippen LogP) is 2.87. The van der Waals surface area contributed by atoms with E-state index in [-0.39, 0.29) is 18.2 Å². The van der Waals surface area contributed by atoms with Gasteiger partial charge in [-0.1, -0.05) is 32.1 Å². The van der Waals surface area contributed by atoms with Gasteiger partial charge in [0.15, 0.2) is 0 Å². The number of amides is 1. The monoisotopic (exact) mass is 291 g/mol. The number of hydrogen-bond donors (Lipinski definition) is 2. The van der Waals surface area contributed by atoms with Crippen molar-refractivity contribution in [2.75, 3.05) is 6.61 Å². The summed E-state index contributed by atoms with van der Waals surface area (Å²) >= 11 is 0. The summed E-state index contributed by atoms with van der Waals surface area (Å²) in [7, 11) is 0. The van der Waals surface area contributed by atoms with E-state index in [2.05, 4.69) is 17.2 Å². The highest BCUT2D eigenvalue weighted by molar-refractivity contribution is 5.95. The lowest BCUT2D eigenvalue weighted by atomic mass is 10.1. The molecule has 0 aliphatic carbocycles. The van der Waals surface area contributed by atoms with Crippen LogP contribution in [0, 0.1) is 17.7 Å². The maximum absolute atomic E-state index is 13.8. The highest BCUT2D eigenvalue weighted by atomic mass is 19.1. The van der Waals surface area contributed by atoms with Gasteiger partial charge in [-0.15, -0.1) is 0 Å². The summed E-state index contributed by atoms with van der Waals surface area (Å²) in [6, 6.07) is 4.29. The Balaban J connectivity index is 2.88. The van der Waals surface area contributed by atoms with Crippen molar-refractivity contribution in [1.82, 2.24) is 5.32 Å². The van der Waals surface area contributed by atoms with Crippen molar-refractivity contribution in [3.8, 4) is 11.8 Å². The van der Waals surface area contributed by atoms with Crippen molar-refractivity contribution >= 4 is 5.91 Å². The second-order valence-electron chi connectivity index (χ2n) is 4.84. The van der Waals surface area contributed by atoms with Crippen LogP contribution in [0.3, 0.4) is 0 Å². The van der Waals surface area contributed by atoms with Gasteiger partial charge in [-0.3, -0.25) is 4.79 Å². The Morgan fingerprint density at radius 3 is 2.81 bits per heavy atom. The molecule has 0 aromatic heterocycles. The third kappa shape index (κ3) is 5.57. The van der Waals surface area contributed by atoms with Crippen LogP contribution in [0.1, 0.15) is 55.5 Å². The number of halogens is 1. The summed E-state index contributed by atoms with van der Waals surface area (Å²) in [4.78, 5) is 12.2. The van der Waals surface area contributed by atoms with Crippen molar-refractivity contribution in [3.05, 3.63) is 35.1 Å². The fourth-order valence-electron chi connectivity index (χ4n) is 1.99. The minimum Gasteiger partial charge on any atom is -0.395 e. The zero-order valence-electron chi connectivity index (χ0n) is 12.6. The first-order valence-electron chi connectivity index (χ1n) is 7.32. The van der Waals surface area contributed by atoms with E-state index in [0.717, 1.165) is 19.3 Å².